The predicted molar refractivity (Wildman–Crippen MR) is 69.6 cm³/mol. The number of nitrogens with one attached hydrogen (secondary N) is 1. The number of aromatic nitrogens is 1. The van der Waals surface area contributed by atoms with Crippen molar-refractivity contribution < 1.29 is 12.8 Å². The van der Waals surface area contributed by atoms with Crippen LogP contribution in [0.4, 0.5) is 0 Å². The highest BCUT2D eigenvalue weighted by Crippen LogP contribution is 2.19. The topological polar surface area (TPSA) is 122 Å². The molecule has 0 radical (unpaired) electrons. The summed E-state index contributed by atoms with van der Waals surface area (Å²) in [7, 11) is -3.89. The maximum Gasteiger partial charge on any atom is 0.258 e. The molecule has 0 aliphatic carbocycles. The predicted octanol–water partition coefficient (Wildman–Crippen LogP) is 0.545. The molecule has 0 saturated carbocycles. The van der Waals surface area contributed by atoms with Gasteiger partial charge in [0.15, 0.2) is 5.03 Å². The third-order valence-electron chi connectivity index (χ3n) is 2.55. The molecule has 2 atom stereocenters. The van der Waals surface area contributed by atoms with Crippen LogP contribution in [0.2, 0.25) is 0 Å². The Morgan fingerprint density at radius 2 is 2.15 bits per heavy atom. The van der Waals surface area contributed by atoms with E-state index in [2.05, 4.69) is 9.71 Å². The molecule has 0 amide bonds. The highest BCUT2D eigenvalue weighted by atomic mass is 32.2. The molecule has 0 spiro atoms. The first-order chi connectivity index (χ1) is 9.54. The molecule has 3 N–H and O–H groups in total. The van der Waals surface area contributed by atoms with E-state index in [-0.39, 0.29) is 10.8 Å². The lowest BCUT2D eigenvalue weighted by Crippen LogP contribution is -2.40. The number of rotatable bonds is 5. The van der Waals surface area contributed by atoms with Gasteiger partial charge in [-0.3, -0.25) is 0 Å². The Bertz CT molecular complexity index is 692. The quantitative estimate of drug-likeness (QED) is 0.829. The van der Waals surface area contributed by atoms with E-state index in [9.17, 15) is 8.42 Å². The molecule has 2 rings (SSSR count). The fourth-order valence-corrected chi connectivity index (χ4v) is 2.76. The fraction of sp³-hybridized carbons (Fsp3) is 0.167. The number of nitriles is 1. The summed E-state index contributed by atoms with van der Waals surface area (Å²) in [4.78, 5) is 3.77. The molecule has 0 aliphatic heterocycles. The van der Waals surface area contributed by atoms with Crippen molar-refractivity contribution in [1.82, 2.24) is 9.71 Å². The van der Waals surface area contributed by atoms with Crippen molar-refractivity contribution in [3.63, 3.8) is 0 Å². The van der Waals surface area contributed by atoms with Crippen LogP contribution in [0, 0.1) is 11.3 Å². The Hall–Kier alpha value is -2.21. The fourth-order valence-electron chi connectivity index (χ4n) is 1.58. The zero-order valence-corrected chi connectivity index (χ0v) is 11.1. The number of nitrogens with two attached hydrogens (primary N) is 1. The Kier molecular flexibility index (Phi) is 4.14. The van der Waals surface area contributed by atoms with Crippen LogP contribution < -0.4 is 10.5 Å². The summed E-state index contributed by atoms with van der Waals surface area (Å²) >= 11 is 0. The first-order valence-electron chi connectivity index (χ1n) is 5.66. The van der Waals surface area contributed by atoms with Crippen LogP contribution in [0.25, 0.3) is 0 Å². The van der Waals surface area contributed by atoms with Gasteiger partial charge >= 0.3 is 0 Å². The van der Waals surface area contributed by atoms with Gasteiger partial charge in [-0.25, -0.2) is 13.4 Å². The summed E-state index contributed by atoms with van der Waals surface area (Å²) < 4.78 is 31.8. The third-order valence-corrected chi connectivity index (χ3v) is 3.91. The molecule has 0 aliphatic rings. The highest BCUT2D eigenvalue weighted by molar-refractivity contribution is 7.89. The summed E-state index contributed by atoms with van der Waals surface area (Å²) in [5.41, 5.74) is 5.63. The van der Waals surface area contributed by atoms with Gasteiger partial charge in [0.2, 0.25) is 0 Å². The van der Waals surface area contributed by atoms with Gasteiger partial charge in [-0.2, -0.15) is 9.98 Å². The standard InChI is InChI=1S/C12H12N4O3S/c13-8-9(14)12(10-4-3-7-19-10)16-20(17,18)11-5-1-2-6-15-11/h1-7,9,12,16H,14H2/t9-,12+/m0/s1. The van der Waals surface area contributed by atoms with E-state index in [0.29, 0.717) is 0 Å². The van der Waals surface area contributed by atoms with E-state index in [0.717, 1.165) is 0 Å². The maximum absolute atomic E-state index is 12.2. The van der Waals surface area contributed by atoms with Gasteiger partial charge in [0.25, 0.3) is 10.0 Å². The molecule has 2 aromatic heterocycles. The zero-order valence-electron chi connectivity index (χ0n) is 10.3. The maximum atomic E-state index is 12.2. The van der Waals surface area contributed by atoms with E-state index in [1.54, 1.807) is 30.3 Å². The average molecular weight is 292 g/mol. The molecule has 2 heterocycles. The minimum absolute atomic E-state index is 0.151. The Balaban J connectivity index is 2.32. The van der Waals surface area contributed by atoms with Crippen molar-refractivity contribution in [3.8, 4) is 6.07 Å². The van der Waals surface area contributed by atoms with Crippen LogP contribution in [0.3, 0.4) is 0 Å². The molecule has 8 heteroatoms. The van der Waals surface area contributed by atoms with E-state index >= 15 is 0 Å². The number of furan rings is 1. The smallest absolute Gasteiger partial charge is 0.258 e. The summed E-state index contributed by atoms with van der Waals surface area (Å²) in [6.45, 7) is 0. The van der Waals surface area contributed by atoms with Gasteiger partial charge in [0.05, 0.1) is 12.3 Å². The highest BCUT2D eigenvalue weighted by Gasteiger charge is 2.29. The Morgan fingerprint density at radius 1 is 1.35 bits per heavy atom. The second kappa shape index (κ2) is 5.83. The first-order valence-corrected chi connectivity index (χ1v) is 7.15. The zero-order chi connectivity index (χ0) is 14.6. The lowest BCUT2D eigenvalue weighted by molar-refractivity contribution is 0.425. The van der Waals surface area contributed by atoms with Crippen molar-refractivity contribution in [1.29, 1.82) is 5.26 Å². The molecule has 0 fully saturated rings. The Labute approximate surface area is 116 Å². The van der Waals surface area contributed by atoms with Crippen LogP contribution in [-0.4, -0.2) is 19.4 Å². The molecule has 0 unspecified atom stereocenters. The molecule has 7 nitrogen and oxygen atoms in total. The van der Waals surface area contributed by atoms with Crippen molar-refractivity contribution in [2.45, 2.75) is 17.1 Å². The summed E-state index contributed by atoms with van der Waals surface area (Å²) in [6, 6.07) is 7.36. The molecular weight excluding hydrogens is 280 g/mol. The van der Waals surface area contributed by atoms with E-state index in [4.69, 9.17) is 15.4 Å². The van der Waals surface area contributed by atoms with Gasteiger partial charge in [-0.05, 0) is 24.3 Å². The second-order valence-corrected chi connectivity index (χ2v) is 5.60. The minimum atomic E-state index is -3.89. The lowest BCUT2D eigenvalue weighted by atomic mass is 10.1. The lowest BCUT2D eigenvalue weighted by Gasteiger charge is -2.18. The van der Waals surface area contributed by atoms with Gasteiger partial charge in [0.1, 0.15) is 17.8 Å². The average Bonchev–Trinajstić information content (AvgIpc) is 2.99. The van der Waals surface area contributed by atoms with Crippen molar-refractivity contribution in [2.75, 3.05) is 0 Å². The van der Waals surface area contributed by atoms with Crippen LogP contribution >= 0.6 is 0 Å². The molecule has 104 valence electrons. The SMILES string of the molecule is N#C[C@H](N)[C@@H](NS(=O)(=O)c1ccccn1)c1ccco1. The molecular formula is C12H12N4O3S. The first kappa shape index (κ1) is 14.2. The van der Waals surface area contributed by atoms with Crippen molar-refractivity contribution in [3.05, 3.63) is 48.6 Å². The van der Waals surface area contributed by atoms with E-state index in [1.807, 2.05) is 0 Å². The molecule has 20 heavy (non-hydrogen) atoms. The van der Waals surface area contributed by atoms with Gasteiger partial charge in [-0.15, -0.1) is 0 Å². The largest absolute Gasteiger partial charge is 0.468 e. The molecule has 0 saturated heterocycles. The van der Waals surface area contributed by atoms with Crippen LogP contribution in [0.1, 0.15) is 11.8 Å². The van der Waals surface area contributed by atoms with E-state index in [1.165, 1.54) is 18.5 Å². The molecule has 0 bridgehead atoms. The van der Waals surface area contributed by atoms with Crippen molar-refractivity contribution >= 4 is 10.0 Å². The Morgan fingerprint density at radius 3 is 2.70 bits per heavy atom. The van der Waals surface area contributed by atoms with Crippen molar-refractivity contribution in [2.24, 2.45) is 5.73 Å². The number of sulfonamides is 1. The van der Waals surface area contributed by atoms with Crippen LogP contribution in [-0.2, 0) is 10.0 Å². The summed E-state index contributed by atoms with van der Waals surface area (Å²) in [5, 5.41) is 8.75. The molecule has 0 aromatic carbocycles. The molecule has 2 aromatic rings. The number of nitrogens with zero attached hydrogens (tertiary/aromatic N) is 2. The van der Waals surface area contributed by atoms with Gasteiger partial charge < -0.3 is 10.2 Å². The van der Waals surface area contributed by atoms with Gasteiger partial charge in [-0.1, -0.05) is 6.07 Å². The normalized spacial score (nSPS) is 14.4. The summed E-state index contributed by atoms with van der Waals surface area (Å²) in [6.07, 6.45) is 2.74. The number of pyridine rings is 1. The van der Waals surface area contributed by atoms with Gasteiger partial charge in [0, 0.05) is 6.20 Å². The second-order valence-electron chi connectivity index (χ2n) is 3.94. The third kappa shape index (κ3) is 3.03. The van der Waals surface area contributed by atoms with Crippen LogP contribution in [0.5, 0.6) is 0 Å². The van der Waals surface area contributed by atoms with Crippen LogP contribution in [0.15, 0.2) is 52.2 Å². The number of hydrogen-bond acceptors (Lipinski definition) is 6. The van der Waals surface area contributed by atoms with E-state index < -0.39 is 22.1 Å². The minimum Gasteiger partial charge on any atom is -0.468 e. The summed E-state index contributed by atoms with van der Waals surface area (Å²) in [5.74, 6) is 0.263. The monoisotopic (exact) mass is 292 g/mol. The number of hydrogen-bond donors (Lipinski definition) is 2.